The van der Waals surface area contributed by atoms with Crippen molar-refractivity contribution in [1.82, 2.24) is 0 Å². The molecule has 12 fully saturated rings. The highest BCUT2D eigenvalue weighted by atomic mass is 16.9. The third kappa shape index (κ3) is 16.2. The first-order valence-corrected chi connectivity index (χ1v) is 33.4. The van der Waals surface area contributed by atoms with Crippen LogP contribution in [0.3, 0.4) is 0 Å². The van der Waals surface area contributed by atoms with Crippen LogP contribution in [0.5, 0.6) is 0 Å². The van der Waals surface area contributed by atoms with Crippen LogP contribution in [0.4, 0.5) is 0 Å². The second-order valence-corrected chi connectivity index (χ2v) is 29.6. The van der Waals surface area contributed by atoms with E-state index in [2.05, 4.69) is 0 Å². The van der Waals surface area contributed by atoms with Gasteiger partial charge in [-0.25, -0.2) is 0 Å². The van der Waals surface area contributed by atoms with Crippen molar-refractivity contribution in [1.29, 1.82) is 0 Å². The summed E-state index contributed by atoms with van der Waals surface area (Å²) >= 11 is 0. The van der Waals surface area contributed by atoms with Crippen LogP contribution in [0.2, 0.25) is 0 Å². The van der Waals surface area contributed by atoms with Crippen molar-refractivity contribution in [2.45, 2.75) is 343 Å². The minimum absolute atomic E-state index is 0.329. The molecule has 0 amide bonds. The van der Waals surface area contributed by atoms with Gasteiger partial charge in [-0.2, -0.15) is 0 Å². The molecule has 22 atom stereocenters. The summed E-state index contributed by atoms with van der Waals surface area (Å²) in [5.74, 6) is -6.57. The summed E-state index contributed by atoms with van der Waals surface area (Å²) in [6, 6.07) is 0. The van der Waals surface area contributed by atoms with E-state index >= 15 is 0 Å². The Morgan fingerprint density at radius 2 is 0.467 bits per heavy atom. The van der Waals surface area contributed by atoms with Crippen molar-refractivity contribution < 1.29 is 123 Å². The molecule has 0 unspecified atom stereocenters. The number of hydrogen-bond acceptors (Lipinski definition) is 26. The summed E-state index contributed by atoms with van der Waals surface area (Å²) in [6.07, 6.45) is -5.06. The zero-order chi connectivity index (χ0) is 63.8. The fourth-order valence-electron chi connectivity index (χ4n) is 14.5. The van der Waals surface area contributed by atoms with Gasteiger partial charge >= 0.3 is 0 Å². The van der Waals surface area contributed by atoms with Crippen LogP contribution in [-0.4, -0.2) is 247 Å². The largest absolute Gasteiger partial charge is 0.376 e. The molecule has 12 heterocycles. The second kappa shape index (κ2) is 27.0. The zero-order valence-electron chi connectivity index (χ0n) is 56.0. The van der Waals surface area contributed by atoms with Crippen LogP contribution >= 0.6 is 0 Å². The molecule has 0 aromatic carbocycles. The standard InChI is InChI=1S/C64H106O26/c1-57(2)71-31-37-41(79-57)45-49(87-61(9,10)83-45)53(75-37)67-27-19-17-25-65-35(23-21-29-69-55-51-47(85-63(13,14)89-51)43-39(77-55)33-73-59(5,6)81-43)36(24-22-30-70-56-52-48(86-64(15,16)90-52)44-40(78-56)34-74-60(7,8)82-44)66-26-18-20-28-68-54-50-46(84-62(11,12)88-50)42-38(76-54)32-72-58(3,4)80-42/h35-56H,17-34H2,1-16H3/t35-,36-,37+,38+,39+,40+,41+,42+,43+,44+,45-,46-,47-,48-,49-,50-,51-,52-,53-,54-,55-,56-/m0/s1. The molecule has 0 radical (unpaired) electrons. The zero-order valence-corrected chi connectivity index (χ0v) is 56.0. The molecule has 0 bridgehead atoms. The minimum atomic E-state index is -0.866. The molecule has 0 spiro atoms. The van der Waals surface area contributed by atoms with Crippen molar-refractivity contribution in [3.63, 3.8) is 0 Å². The van der Waals surface area contributed by atoms with Gasteiger partial charge in [0.25, 0.3) is 0 Å². The average Bonchev–Trinajstić information content (AvgIpc) is 1.47. The summed E-state index contributed by atoms with van der Waals surface area (Å²) in [6.45, 7) is 34.0. The molecule has 12 rings (SSSR count). The van der Waals surface area contributed by atoms with E-state index < -0.39 is 132 Å². The lowest BCUT2D eigenvalue weighted by Gasteiger charge is -2.48. The molecule has 0 N–H and O–H groups in total. The Kier molecular flexibility index (Phi) is 20.7. The highest BCUT2D eigenvalue weighted by Gasteiger charge is 2.63. The lowest BCUT2D eigenvalue weighted by Crippen LogP contribution is -2.63. The Morgan fingerprint density at radius 1 is 0.256 bits per heavy atom. The van der Waals surface area contributed by atoms with Crippen molar-refractivity contribution in [3.05, 3.63) is 0 Å². The molecule has 26 nitrogen and oxygen atoms in total. The first kappa shape index (κ1) is 68.9. The van der Waals surface area contributed by atoms with Crippen LogP contribution in [0.1, 0.15) is 162 Å². The second-order valence-electron chi connectivity index (χ2n) is 29.6. The van der Waals surface area contributed by atoms with E-state index in [0.717, 1.165) is 0 Å². The number of rotatable bonds is 25. The quantitative estimate of drug-likeness (QED) is 0.0883. The molecule has 0 aromatic rings. The Hall–Kier alpha value is -1.04. The molecule has 26 heteroatoms. The number of hydrogen-bond donors (Lipinski definition) is 0. The van der Waals surface area contributed by atoms with Crippen LogP contribution < -0.4 is 0 Å². The van der Waals surface area contributed by atoms with Gasteiger partial charge in [-0.15, -0.1) is 0 Å². The molecule has 518 valence electrons. The number of fused-ring (bicyclic) bond motifs is 12. The molecular formula is C64H106O26. The molecule has 12 saturated heterocycles. The van der Waals surface area contributed by atoms with Crippen molar-refractivity contribution in [2.24, 2.45) is 0 Å². The third-order valence-electron chi connectivity index (χ3n) is 18.3. The fraction of sp³-hybridized carbons (Fsp3) is 1.00. The Labute approximate surface area is 531 Å². The lowest BCUT2D eigenvalue weighted by atomic mass is 9.97. The summed E-state index contributed by atoms with van der Waals surface area (Å²) < 4.78 is 167. The third-order valence-corrected chi connectivity index (χ3v) is 18.3. The van der Waals surface area contributed by atoms with E-state index in [-0.39, 0.29) is 48.8 Å². The predicted molar refractivity (Wildman–Crippen MR) is 310 cm³/mol. The van der Waals surface area contributed by atoms with Gasteiger partial charge in [0, 0.05) is 39.6 Å². The molecule has 90 heavy (non-hydrogen) atoms. The number of ether oxygens (including phenoxy) is 26. The van der Waals surface area contributed by atoms with E-state index in [0.29, 0.717) is 117 Å². The van der Waals surface area contributed by atoms with Gasteiger partial charge in [0.15, 0.2) is 71.5 Å². The Morgan fingerprint density at radius 3 is 0.722 bits per heavy atom. The van der Waals surface area contributed by atoms with E-state index in [1.165, 1.54) is 0 Å². The SMILES string of the molecule is CC1(C)O[C@@H]2[C@H](O1)[C@@H](OCCCCO[C@@H](CCCO[C@H]1O[C@@H]3COC(C)(C)O[C@H]3[C@@H]3OC(C)(C)O[C@H]13)[C@H](CCCO[C@H]1O[C@@H]3COC(C)(C)O[C@H]3[C@@H]3OC(C)(C)O[C@H]13)OCCCCO[C@H]1O[C@@H]3COC(C)(C)O[C@H]3[C@@H]3OC(C)(C)O[C@H]13)O[C@@H]1COC(C)(C)O[C@@H]21. The van der Waals surface area contributed by atoms with Gasteiger partial charge in [-0.1, -0.05) is 0 Å². The predicted octanol–water partition coefficient (Wildman–Crippen LogP) is 6.53. The van der Waals surface area contributed by atoms with E-state index in [1.807, 2.05) is 111 Å². The van der Waals surface area contributed by atoms with Crippen LogP contribution in [0, 0.1) is 0 Å². The molecule has 12 aliphatic rings. The van der Waals surface area contributed by atoms with Crippen LogP contribution in [-0.2, 0) is 123 Å². The smallest absolute Gasteiger partial charge is 0.187 e. The highest BCUT2D eigenvalue weighted by Crippen LogP contribution is 2.47. The first-order chi connectivity index (χ1) is 42.4. The van der Waals surface area contributed by atoms with Crippen molar-refractivity contribution >= 4 is 0 Å². The van der Waals surface area contributed by atoms with Crippen LogP contribution in [0.25, 0.3) is 0 Å². The normalized spacial score (nSPS) is 43.3. The summed E-state index contributed by atoms with van der Waals surface area (Å²) in [4.78, 5) is 0. The van der Waals surface area contributed by atoms with Gasteiger partial charge < -0.3 is 123 Å². The van der Waals surface area contributed by atoms with Gasteiger partial charge in [-0.3, -0.25) is 0 Å². The number of unbranched alkanes of at least 4 members (excludes halogenated alkanes) is 2. The van der Waals surface area contributed by atoms with Gasteiger partial charge in [-0.05, 0) is 162 Å². The maximum atomic E-state index is 6.96. The first-order valence-electron chi connectivity index (χ1n) is 33.4. The van der Waals surface area contributed by atoms with Gasteiger partial charge in [0.2, 0.25) is 0 Å². The summed E-state index contributed by atoms with van der Waals surface area (Å²) in [5, 5.41) is 0. The molecule has 12 aliphatic heterocycles. The molecular weight excluding hydrogens is 1180 g/mol. The van der Waals surface area contributed by atoms with Gasteiger partial charge in [0.1, 0.15) is 97.7 Å². The summed E-state index contributed by atoms with van der Waals surface area (Å²) in [5.41, 5.74) is 0. The lowest BCUT2D eigenvalue weighted by molar-refractivity contribution is -0.370. The fourth-order valence-corrected chi connectivity index (χ4v) is 14.5. The molecule has 0 aliphatic carbocycles. The van der Waals surface area contributed by atoms with E-state index in [9.17, 15) is 0 Å². The van der Waals surface area contributed by atoms with Crippen molar-refractivity contribution in [2.75, 3.05) is 66.1 Å². The highest BCUT2D eigenvalue weighted by molar-refractivity contribution is 5.03. The molecule has 0 aromatic heterocycles. The van der Waals surface area contributed by atoms with E-state index in [4.69, 9.17) is 123 Å². The maximum absolute atomic E-state index is 6.96. The maximum Gasteiger partial charge on any atom is 0.187 e. The monoisotopic (exact) mass is 1290 g/mol. The average molecular weight is 1290 g/mol. The minimum Gasteiger partial charge on any atom is -0.376 e. The Balaban J connectivity index is 0.706. The van der Waals surface area contributed by atoms with E-state index in [1.54, 1.807) is 0 Å². The van der Waals surface area contributed by atoms with Crippen molar-refractivity contribution in [3.8, 4) is 0 Å². The topological polar surface area (TPSA) is 240 Å². The van der Waals surface area contributed by atoms with Crippen LogP contribution in [0.15, 0.2) is 0 Å². The van der Waals surface area contributed by atoms with Gasteiger partial charge in [0.05, 0.1) is 38.6 Å². The summed E-state index contributed by atoms with van der Waals surface area (Å²) in [7, 11) is 0. The Bertz CT molecular complexity index is 2200. The molecule has 0 saturated carbocycles.